The molecular formula is C26H54NO5P. The van der Waals surface area contributed by atoms with Gasteiger partial charge in [-0.1, -0.05) is 77.0 Å². The Balaban J connectivity index is 1.74. The van der Waals surface area contributed by atoms with Crippen LogP contribution in [0.25, 0.3) is 0 Å². The molecule has 0 spiro atoms. The molecule has 0 aromatic carbocycles. The quantitative estimate of drug-likeness (QED) is 0.101. The molecule has 2 atom stereocenters. The smallest absolute Gasteiger partial charge is 0.157 e. The van der Waals surface area contributed by atoms with Crippen molar-refractivity contribution in [3.63, 3.8) is 0 Å². The predicted molar refractivity (Wildman–Crippen MR) is 136 cm³/mol. The number of hydrogen-bond acceptors (Lipinski definition) is 5. The standard InChI is InChI=1S/C26H54NO5P/c1-27(2,3)21-25-33(28,29)32-24-18-15-13-11-9-7-5-4-6-8-10-12-14-17-22-30-26-20-16-19-23-31-26/h26H,4-25H2,1-3H3. The molecule has 1 rings (SSSR count). The van der Waals surface area contributed by atoms with Crippen LogP contribution in [-0.2, 0) is 18.6 Å². The molecule has 0 bridgehead atoms. The Hall–Kier alpha value is 0.0300. The lowest BCUT2D eigenvalue weighted by molar-refractivity contribution is -0.868. The molecule has 0 saturated carbocycles. The SMILES string of the molecule is C[N+](C)(C)CCP(=O)([O-])OCCCCCCCCCCCCCCCCOC1CCCCO1. The van der Waals surface area contributed by atoms with Crippen LogP contribution in [0.5, 0.6) is 0 Å². The second-order valence-electron chi connectivity index (χ2n) is 10.8. The molecule has 0 aromatic rings. The van der Waals surface area contributed by atoms with Gasteiger partial charge in [-0.05, 0) is 32.1 Å². The number of ether oxygens (including phenoxy) is 2. The van der Waals surface area contributed by atoms with Crippen molar-refractivity contribution in [3.8, 4) is 0 Å². The van der Waals surface area contributed by atoms with Crippen molar-refractivity contribution in [2.75, 3.05) is 53.7 Å². The molecule has 2 unspecified atom stereocenters. The van der Waals surface area contributed by atoms with Gasteiger partial charge in [0.25, 0.3) is 0 Å². The summed E-state index contributed by atoms with van der Waals surface area (Å²) in [5.41, 5.74) is 0. The maximum atomic E-state index is 11.9. The van der Waals surface area contributed by atoms with Crippen LogP contribution in [0.15, 0.2) is 0 Å². The van der Waals surface area contributed by atoms with Gasteiger partial charge in [0.1, 0.15) is 7.60 Å². The normalized spacial score (nSPS) is 19.0. The molecule has 0 aliphatic carbocycles. The van der Waals surface area contributed by atoms with Crippen LogP contribution in [0, 0.1) is 0 Å². The molecule has 0 aromatic heterocycles. The van der Waals surface area contributed by atoms with Crippen LogP contribution < -0.4 is 4.89 Å². The van der Waals surface area contributed by atoms with Gasteiger partial charge in [0.15, 0.2) is 6.29 Å². The van der Waals surface area contributed by atoms with E-state index in [1.807, 2.05) is 21.1 Å². The highest BCUT2D eigenvalue weighted by Crippen LogP contribution is 2.36. The van der Waals surface area contributed by atoms with Crippen molar-refractivity contribution in [1.82, 2.24) is 0 Å². The van der Waals surface area contributed by atoms with E-state index in [0.29, 0.717) is 17.6 Å². The fourth-order valence-corrected chi connectivity index (χ4v) is 5.45. The molecule has 33 heavy (non-hydrogen) atoms. The summed E-state index contributed by atoms with van der Waals surface area (Å²) >= 11 is 0. The molecule has 1 aliphatic rings. The van der Waals surface area contributed by atoms with Gasteiger partial charge >= 0.3 is 0 Å². The van der Waals surface area contributed by atoms with Gasteiger partial charge in [-0.2, -0.15) is 0 Å². The van der Waals surface area contributed by atoms with Crippen molar-refractivity contribution in [3.05, 3.63) is 0 Å². The van der Waals surface area contributed by atoms with Crippen LogP contribution in [0.4, 0.5) is 0 Å². The van der Waals surface area contributed by atoms with E-state index in [0.717, 1.165) is 32.5 Å². The van der Waals surface area contributed by atoms with Gasteiger partial charge in [-0.15, -0.1) is 0 Å². The molecular weight excluding hydrogens is 437 g/mol. The Morgan fingerprint density at radius 1 is 0.788 bits per heavy atom. The average molecular weight is 492 g/mol. The molecule has 198 valence electrons. The zero-order chi connectivity index (χ0) is 24.3. The molecule has 1 aliphatic heterocycles. The molecule has 6 nitrogen and oxygen atoms in total. The van der Waals surface area contributed by atoms with E-state index >= 15 is 0 Å². The molecule has 1 fully saturated rings. The van der Waals surface area contributed by atoms with Crippen molar-refractivity contribution < 1.29 is 27.9 Å². The molecule has 0 amide bonds. The third kappa shape index (κ3) is 21.1. The van der Waals surface area contributed by atoms with Crippen LogP contribution in [0.3, 0.4) is 0 Å². The second-order valence-corrected chi connectivity index (χ2v) is 12.7. The summed E-state index contributed by atoms with van der Waals surface area (Å²) in [6.45, 7) is 2.66. The highest BCUT2D eigenvalue weighted by atomic mass is 31.2. The summed E-state index contributed by atoms with van der Waals surface area (Å²) < 4.78 is 29.0. The number of quaternary nitrogens is 1. The Kier molecular flexibility index (Phi) is 18.1. The fraction of sp³-hybridized carbons (Fsp3) is 1.00. The minimum atomic E-state index is -3.66. The van der Waals surface area contributed by atoms with Crippen molar-refractivity contribution in [2.24, 2.45) is 0 Å². The predicted octanol–water partition coefficient (Wildman–Crippen LogP) is 6.27. The summed E-state index contributed by atoms with van der Waals surface area (Å²) in [6, 6.07) is 0. The first-order valence-electron chi connectivity index (χ1n) is 13.8. The number of hydrogen-bond donors (Lipinski definition) is 0. The van der Waals surface area contributed by atoms with E-state index in [4.69, 9.17) is 14.0 Å². The molecule has 1 heterocycles. The van der Waals surface area contributed by atoms with Crippen LogP contribution in [0.1, 0.15) is 109 Å². The van der Waals surface area contributed by atoms with Gasteiger partial charge in [-0.25, -0.2) is 0 Å². The molecule has 0 N–H and O–H groups in total. The number of rotatable bonds is 22. The van der Waals surface area contributed by atoms with Crippen LogP contribution in [-0.4, -0.2) is 64.4 Å². The van der Waals surface area contributed by atoms with Gasteiger partial charge in [0.05, 0.1) is 40.5 Å². The zero-order valence-corrected chi connectivity index (χ0v) is 23.0. The van der Waals surface area contributed by atoms with E-state index in [1.165, 1.54) is 89.9 Å². The third-order valence-corrected chi connectivity index (χ3v) is 7.64. The molecule has 1 saturated heterocycles. The number of nitrogens with zero attached hydrogens (tertiary/aromatic N) is 1. The Bertz CT molecular complexity index is 492. The van der Waals surface area contributed by atoms with Crippen LogP contribution in [0.2, 0.25) is 0 Å². The Labute approximate surface area is 204 Å². The van der Waals surface area contributed by atoms with Gasteiger partial charge in [0.2, 0.25) is 0 Å². The summed E-state index contributed by atoms with van der Waals surface area (Å²) in [7, 11) is 2.32. The van der Waals surface area contributed by atoms with E-state index in [1.54, 1.807) is 0 Å². The average Bonchev–Trinajstić information content (AvgIpc) is 2.77. The first-order chi connectivity index (χ1) is 15.8. The molecule has 0 radical (unpaired) electrons. The fourth-order valence-electron chi connectivity index (χ4n) is 4.07. The van der Waals surface area contributed by atoms with Crippen LogP contribution >= 0.6 is 7.60 Å². The van der Waals surface area contributed by atoms with Crippen molar-refractivity contribution in [2.45, 2.75) is 115 Å². The lowest BCUT2D eigenvalue weighted by atomic mass is 10.0. The minimum absolute atomic E-state index is 0.0692. The lowest BCUT2D eigenvalue weighted by Gasteiger charge is -2.29. The largest absolute Gasteiger partial charge is 0.778 e. The highest BCUT2D eigenvalue weighted by molar-refractivity contribution is 7.51. The summed E-state index contributed by atoms with van der Waals surface area (Å²) in [6.07, 6.45) is 21.2. The van der Waals surface area contributed by atoms with Gasteiger partial charge in [0, 0.05) is 13.2 Å². The minimum Gasteiger partial charge on any atom is -0.778 e. The second kappa shape index (κ2) is 19.2. The van der Waals surface area contributed by atoms with Gasteiger partial charge < -0.3 is 27.9 Å². The summed E-state index contributed by atoms with van der Waals surface area (Å²) in [5.74, 6) is 0. The summed E-state index contributed by atoms with van der Waals surface area (Å²) in [5, 5.41) is 0. The van der Waals surface area contributed by atoms with Gasteiger partial charge in [-0.3, -0.25) is 0 Å². The van der Waals surface area contributed by atoms with Crippen molar-refractivity contribution >= 4 is 7.60 Å². The lowest BCUT2D eigenvalue weighted by Crippen LogP contribution is -2.37. The van der Waals surface area contributed by atoms with E-state index in [-0.39, 0.29) is 12.5 Å². The van der Waals surface area contributed by atoms with Crippen molar-refractivity contribution in [1.29, 1.82) is 0 Å². The topological polar surface area (TPSA) is 67.8 Å². The maximum absolute atomic E-state index is 11.9. The maximum Gasteiger partial charge on any atom is 0.157 e. The Morgan fingerprint density at radius 2 is 1.27 bits per heavy atom. The monoisotopic (exact) mass is 491 g/mol. The molecule has 7 heteroatoms. The first kappa shape index (κ1) is 31.1. The van der Waals surface area contributed by atoms with E-state index in [9.17, 15) is 9.46 Å². The number of unbranched alkanes of at least 4 members (excludes halogenated alkanes) is 13. The first-order valence-corrected chi connectivity index (χ1v) is 15.5. The third-order valence-electron chi connectivity index (χ3n) is 6.31. The van der Waals surface area contributed by atoms with E-state index in [2.05, 4.69) is 0 Å². The summed E-state index contributed by atoms with van der Waals surface area (Å²) in [4.78, 5) is 11.9. The Morgan fingerprint density at radius 3 is 1.73 bits per heavy atom. The van der Waals surface area contributed by atoms with E-state index < -0.39 is 7.60 Å². The zero-order valence-electron chi connectivity index (χ0n) is 22.1. The highest BCUT2D eigenvalue weighted by Gasteiger charge is 2.15.